The summed E-state index contributed by atoms with van der Waals surface area (Å²) in [6.07, 6.45) is 1.83. The Kier molecular flexibility index (Phi) is 2.84. The van der Waals surface area contributed by atoms with E-state index in [1.165, 1.54) is 0 Å². The van der Waals surface area contributed by atoms with Crippen molar-refractivity contribution in [1.82, 2.24) is 20.4 Å². The van der Waals surface area contributed by atoms with E-state index in [9.17, 15) is 4.79 Å². The van der Waals surface area contributed by atoms with Gasteiger partial charge in [-0.15, -0.1) is 0 Å². The molecule has 1 aromatic heterocycles. The van der Waals surface area contributed by atoms with Crippen molar-refractivity contribution in [2.75, 3.05) is 13.1 Å². The zero-order chi connectivity index (χ0) is 10.7. The highest BCUT2D eigenvalue weighted by molar-refractivity contribution is 5.74. The largest absolute Gasteiger partial charge is 0.337 e. The van der Waals surface area contributed by atoms with Gasteiger partial charge in [0.25, 0.3) is 0 Å². The highest BCUT2D eigenvalue weighted by Crippen LogP contribution is 2.05. The van der Waals surface area contributed by atoms with Crippen molar-refractivity contribution in [2.45, 2.75) is 26.3 Å². The van der Waals surface area contributed by atoms with Crippen molar-refractivity contribution in [1.29, 1.82) is 0 Å². The summed E-state index contributed by atoms with van der Waals surface area (Å²) in [7, 11) is 0. The second kappa shape index (κ2) is 4.29. The minimum Gasteiger partial charge on any atom is -0.337 e. The van der Waals surface area contributed by atoms with Crippen LogP contribution in [0.4, 0.5) is 4.79 Å². The maximum absolute atomic E-state index is 11.4. The number of aryl methyl sites for hydroxylation is 1. The van der Waals surface area contributed by atoms with E-state index in [1.54, 1.807) is 4.90 Å². The van der Waals surface area contributed by atoms with Gasteiger partial charge in [0, 0.05) is 19.5 Å². The molecule has 2 rings (SSSR count). The van der Waals surface area contributed by atoms with E-state index in [-0.39, 0.29) is 6.03 Å². The molecule has 0 bridgehead atoms. The molecule has 1 aliphatic heterocycles. The van der Waals surface area contributed by atoms with Crippen LogP contribution in [-0.4, -0.2) is 34.2 Å². The first-order valence-corrected chi connectivity index (χ1v) is 5.14. The normalized spacial score (nSPS) is 14.9. The predicted octanol–water partition coefficient (Wildman–Crippen LogP) is 0.547. The van der Waals surface area contributed by atoms with E-state index in [0.717, 1.165) is 25.9 Å². The molecule has 1 aliphatic rings. The first-order valence-electron chi connectivity index (χ1n) is 5.14. The van der Waals surface area contributed by atoms with Crippen LogP contribution < -0.4 is 5.32 Å². The Bertz CT molecular complexity index is 346. The molecule has 1 N–H and O–H groups in total. The molecule has 15 heavy (non-hydrogen) atoms. The number of nitrogens with zero attached hydrogens (tertiary/aromatic N) is 3. The quantitative estimate of drug-likeness (QED) is 0.790. The molecule has 0 atom stereocenters. The average Bonchev–Trinajstić information content (AvgIpc) is 2.59. The number of nitrogens with one attached hydrogen (secondary N) is 1. The van der Waals surface area contributed by atoms with Crippen molar-refractivity contribution < 1.29 is 9.32 Å². The van der Waals surface area contributed by atoms with Crippen LogP contribution >= 0.6 is 0 Å². The van der Waals surface area contributed by atoms with E-state index in [4.69, 9.17) is 4.52 Å². The van der Waals surface area contributed by atoms with E-state index >= 15 is 0 Å². The zero-order valence-electron chi connectivity index (χ0n) is 8.69. The van der Waals surface area contributed by atoms with Crippen molar-refractivity contribution in [3.8, 4) is 0 Å². The molecule has 0 saturated carbocycles. The third-order valence-electron chi connectivity index (χ3n) is 2.36. The molecule has 1 saturated heterocycles. The number of carbonyl (C=O) groups is 1. The summed E-state index contributed by atoms with van der Waals surface area (Å²) in [6.45, 7) is 3.95. The van der Waals surface area contributed by atoms with Gasteiger partial charge in [-0.3, -0.25) is 0 Å². The maximum Gasteiger partial charge on any atom is 0.317 e. The van der Waals surface area contributed by atoms with Gasteiger partial charge in [-0.25, -0.2) is 4.79 Å². The Morgan fingerprint density at radius 1 is 1.60 bits per heavy atom. The lowest BCUT2D eigenvalue weighted by Gasteiger charge is -2.30. The molecule has 1 fully saturated rings. The van der Waals surface area contributed by atoms with E-state index < -0.39 is 0 Å². The Morgan fingerprint density at radius 2 is 2.40 bits per heavy atom. The summed E-state index contributed by atoms with van der Waals surface area (Å²) >= 11 is 0. The van der Waals surface area contributed by atoms with Gasteiger partial charge < -0.3 is 14.7 Å². The molecule has 0 aromatic carbocycles. The lowest BCUT2D eigenvalue weighted by atomic mass is 10.2. The standard InChI is InChI=1S/C9H14N4O2/c1-2-7-11-8(15-12-7)6-10-9(14)13-4-3-5-13/h2-6H2,1H3,(H,10,14). The number of carbonyl (C=O) groups excluding carboxylic acids is 1. The second-order valence-electron chi connectivity index (χ2n) is 3.46. The van der Waals surface area contributed by atoms with Gasteiger partial charge in [-0.2, -0.15) is 4.98 Å². The minimum atomic E-state index is -0.0579. The lowest BCUT2D eigenvalue weighted by molar-refractivity contribution is 0.166. The number of amides is 2. The highest BCUT2D eigenvalue weighted by Gasteiger charge is 2.20. The summed E-state index contributed by atoms with van der Waals surface area (Å²) < 4.78 is 4.94. The Hall–Kier alpha value is -1.59. The van der Waals surface area contributed by atoms with Crippen molar-refractivity contribution in [2.24, 2.45) is 0 Å². The SMILES string of the molecule is CCc1noc(CNC(=O)N2CCC2)n1. The molecule has 2 heterocycles. The molecular formula is C9H14N4O2. The molecule has 1 aromatic rings. The predicted molar refractivity (Wildman–Crippen MR) is 52.1 cm³/mol. The van der Waals surface area contributed by atoms with Gasteiger partial charge in [0.15, 0.2) is 5.82 Å². The van der Waals surface area contributed by atoms with Crippen LogP contribution in [0, 0.1) is 0 Å². The topological polar surface area (TPSA) is 71.3 Å². The average molecular weight is 210 g/mol. The molecule has 6 nitrogen and oxygen atoms in total. The summed E-state index contributed by atoms with van der Waals surface area (Å²) in [5.41, 5.74) is 0. The van der Waals surface area contributed by atoms with Crippen LogP contribution in [0.3, 0.4) is 0 Å². The van der Waals surface area contributed by atoms with Crippen LogP contribution in [0.5, 0.6) is 0 Å². The molecule has 2 amide bonds. The molecule has 0 aliphatic carbocycles. The fourth-order valence-electron chi connectivity index (χ4n) is 1.29. The number of hydrogen-bond acceptors (Lipinski definition) is 4. The summed E-state index contributed by atoms with van der Waals surface area (Å²) in [5, 5.41) is 6.47. The fraction of sp³-hybridized carbons (Fsp3) is 0.667. The first kappa shape index (κ1) is 9.95. The first-order chi connectivity index (χ1) is 7.29. The van der Waals surface area contributed by atoms with Crippen molar-refractivity contribution in [3.63, 3.8) is 0 Å². The molecule has 6 heteroatoms. The van der Waals surface area contributed by atoms with Crippen LogP contribution in [0.25, 0.3) is 0 Å². The molecule has 0 radical (unpaired) electrons. The number of likely N-dealkylation sites (tertiary alicyclic amines) is 1. The molecule has 0 spiro atoms. The Labute approximate surface area is 87.6 Å². The van der Waals surface area contributed by atoms with Gasteiger partial charge in [-0.1, -0.05) is 12.1 Å². The third kappa shape index (κ3) is 2.26. The number of urea groups is 1. The van der Waals surface area contributed by atoms with Gasteiger partial charge >= 0.3 is 6.03 Å². The second-order valence-corrected chi connectivity index (χ2v) is 3.46. The Morgan fingerprint density at radius 3 is 2.93 bits per heavy atom. The van der Waals surface area contributed by atoms with Gasteiger partial charge in [-0.05, 0) is 6.42 Å². The third-order valence-corrected chi connectivity index (χ3v) is 2.36. The van der Waals surface area contributed by atoms with E-state index in [2.05, 4.69) is 15.5 Å². The molecule has 82 valence electrons. The maximum atomic E-state index is 11.4. The van der Waals surface area contributed by atoms with Gasteiger partial charge in [0.2, 0.25) is 5.89 Å². The highest BCUT2D eigenvalue weighted by atomic mass is 16.5. The fourth-order valence-corrected chi connectivity index (χ4v) is 1.29. The van der Waals surface area contributed by atoms with Crippen molar-refractivity contribution in [3.05, 3.63) is 11.7 Å². The molecular weight excluding hydrogens is 196 g/mol. The van der Waals surface area contributed by atoms with Crippen molar-refractivity contribution >= 4 is 6.03 Å². The number of aromatic nitrogens is 2. The van der Waals surface area contributed by atoms with Crippen LogP contribution in [0.15, 0.2) is 4.52 Å². The summed E-state index contributed by atoms with van der Waals surface area (Å²) in [4.78, 5) is 17.2. The zero-order valence-corrected chi connectivity index (χ0v) is 8.69. The van der Waals surface area contributed by atoms with E-state index in [0.29, 0.717) is 18.3 Å². The summed E-state index contributed by atoms with van der Waals surface area (Å²) in [6, 6.07) is -0.0579. The Balaban J connectivity index is 1.79. The van der Waals surface area contributed by atoms with Gasteiger partial charge in [0.1, 0.15) is 0 Å². The van der Waals surface area contributed by atoms with Crippen LogP contribution in [0.2, 0.25) is 0 Å². The molecule has 0 unspecified atom stereocenters. The smallest absolute Gasteiger partial charge is 0.317 e. The van der Waals surface area contributed by atoms with Crippen LogP contribution in [-0.2, 0) is 13.0 Å². The summed E-state index contributed by atoms with van der Waals surface area (Å²) in [5.74, 6) is 1.13. The minimum absolute atomic E-state index is 0.0579. The van der Waals surface area contributed by atoms with Gasteiger partial charge in [0.05, 0.1) is 6.54 Å². The van der Waals surface area contributed by atoms with Crippen LogP contribution in [0.1, 0.15) is 25.1 Å². The lowest BCUT2D eigenvalue weighted by Crippen LogP contribution is -2.47. The number of rotatable bonds is 3. The number of hydrogen-bond donors (Lipinski definition) is 1. The monoisotopic (exact) mass is 210 g/mol. The van der Waals surface area contributed by atoms with E-state index in [1.807, 2.05) is 6.92 Å².